The van der Waals surface area contributed by atoms with Crippen LogP contribution in [0.3, 0.4) is 0 Å². The van der Waals surface area contributed by atoms with Crippen LogP contribution < -0.4 is 0 Å². The van der Waals surface area contributed by atoms with Gasteiger partial charge in [0.2, 0.25) is 11.7 Å². The molecule has 18 heavy (non-hydrogen) atoms. The first-order chi connectivity index (χ1) is 8.50. The Labute approximate surface area is 106 Å². The highest BCUT2D eigenvalue weighted by molar-refractivity contribution is 5.51. The third-order valence-electron chi connectivity index (χ3n) is 3.03. The molecule has 0 saturated heterocycles. The number of rotatable bonds is 4. The van der Waals surface area contributed by atoms with E-state index in [0.717, 1.165) is 5.56 Å². The summed E-state index contributed by atoms with van der Waals surface area (Å²) in [6, 6.07) is 1.85. The minimum Gasteiger partial charge on any atom is -0.461 e. The number of hydrogen-bond donors (Lipinski definition) is 1. The van der Waals surface area contributed by atoms with Crippen molar-refractivity contribution in [1.82, 2.24) is 10.1 Å². The first-order valence-electron chi connectivity index (χ1n) is 6.06. The van der Waals surface area contributed by atoms with Crippen molar-refractivity contribution in [2.24, 2.45) is 5.92 Å². The summed E-state index contributed by atoms with van der Waals surface area (Å²) in [5.41, 5.74) is 0.959. The van der Waals surface area contributed by atoms with E-state index in [1.807, 2.05) is 26.8 Å². The Hall–Kier alpha value is -1.62. The maximum Gasteiger partial charge on any atom is 0.238 e. The highest BCUT2D eigenvalue weighted by Gasteiger charge is 2.28. The Bertz CT molecular complexity index is 506. The molecule has 0 aliphatic heterocycles. The molecule has 2 aromatic rings. The topological polar surface area (TPSA) is 72.3 Å². The van der Waals surface area contributed by atoms with Crippen LogP contribution >= 0.6 is 0 Å². The van der Waals surface area contributed by atoms with Gasteiger partial charge >= 0.3 is 0 Å². The molecule has 0 spiro atoms. The van der Waals surface area contributed by atoms with Crippen molar-refractivity contribution in [1.29, 1.82) is 0 Å². The zero-order valence-electron chi connectivity index (χ0n) is 11.0. The monoisotopic (exact) mass is 250 g/mol. The second-order valence-corrected chi connectivity index (χ2v) is 4.90. The normalized spacial score (nSPS) is 15.0. The molecule has 0 radical (unpaired) electrons. The van der Waals surface area contributed by atoms with E-state index in [1.165, 1.54) is 0 Å². The summed E-state index contributed by atoms with van der Waals surface area (Å²) in [5, 5.41) is 13.7. The zero-order valence-corrected chi connectivity index (χ0v) is 11.0. The van der Waals surface area contributed by atoms with Gasteiger partial charge in [0.15, 0.2) is 5.76 Å². The molecule has 2 aromatic heterocycles. The van der Waals surface area contributed by atoms with Crippen molar-refractivity contribution in [2.45, 2.75) is 39.7 Å². The van der Waals surface area contributed by atoms with E-state index >= 15 is 0 Å². The molecule has 0 aliphatic carbocycles. The summed E-state index contributed by atoms with van der Waals surface area (Å²) in [5.74, 6) is 1.54. The van der Waals surface area contributed by atoms with E-state index < -0.39 is 6.10 Å². The van der Waals surface area contributed by atoms with Crippen molar-refractivity contribution in [3.63, 3.8) is 0 Å². The highest BCUT2D eigenvalue weighted by atomic mass is 16.5. The van der Waals surface area contributed by atoms with Crippen LogP contribution in [-0.2, 0) is 0 Å². The summed E-state index contributed by atoms with van der Waals surface area (Å²) in [6.07, 6.45) is 1.06. The molecule has 98 valence electrons. The summed E-state index contributed by atoms with van der Waals surface area (Å²) in [7, 11) is 0. The third kappa shape index (κ3) is 2.31. The molecule has 0 fully saturated rings. The van der Waals surface area contributed by atoms with E-state index in [9.17, 15) is 5.11 Å². The Morgan fingerprint density at radius 3 is 2.50 bits per heavy atom. The lowest BCUT2D eigenvalue weighted by Crippen LogP contribution is -2.20. The van der Waals surface area contributed by atoms with E-state index in [2.05, 4.69) is 10.1 Å². The average Bonchev–Trinajstić information content (AvgIpc) is 2.85. The van der Waals surface area contributed by atoms with Gasteiger partial charge in [0.05, 0.1) is 18.3 Å². The average molecular weight is 250 g/mol. The van der Waals surface area contributed by atoms with E-state index in [-0.39, 0.29) is 11.8 Å². The Balaban J connectivity index is 2.33. The smallest absolute Gasteiger partial charge is 0.238 e. The summed E-state index contributed by atoms with van der Waals surface area (Å²) >= 11 is 0. The van der Waals surface area contributed by atoms with Crippen LogP contribution in [0, 0.1) is 12.8 Å². The van der Waals surface area contributed by atoms with Crippen LogP contribution in [0.4, 0.5) is 0 Å². The van der Waals surface area contributed by atoms with Crippen LogP contribution in [0.25, 0.3) is 11.6 Å². The molecule has 0 saturated carbocycles. The van der Waals surface area contributed by atoms with E-state index in [1.54, 1.807) is 13.2 Å². The lowest BCUT2D eigenvalue weighted by atomic mass is 9.91. The third-order valence-corrected chi connectivity index (χ3v) is 3.03. The number of furan rings is 1. The summed E-state index contributed by atoms with van der Waals surface area (Å²) in [4.78, 5) is 4.32. The quantitative estimate of drug-likeness (QED) is 0.903. The number of aryl methyl sites for hydroxylation is 1. The van der Waals surface area contributed by atoms with Crippen LogP contribution in [0.2, 0.25) is 0 Å². The summed E-state index contributed by atoms with van der Waals surface area (Å²) in [6.45, 7) is 7.68. The SMILES string of the molecule is Cc1ccoc1-c1noc(C(C(C)C)C(C)O)n1. The molecule has 2 unspecified atom stereocenters. The van der Waals surface area contributed by atoms with Gasteiger partial charge in [0.1, 0.15) is 0 Å². The minimum absolute atomic E-state index is 0.165. The van der Waals surface area contributed by atoms with Crippen LogP contribution in [-0.4, -0.2) is 21.4 Å². The molecular formula is C13H18N2O3. The van der Waals surface area contributed by atoms with Crippen molar-refractivity contribution < 1.29 is 14.0 Å². The Morgan fingerprint density at radius 1 is 1.28 bits per heavy atom. The van der Waals surface area contributed by atoms with Gasteiger partial charge in [0, 0.05) is 0 Å². The van der Waals surface area contributed by atoms with Crippen molar-refractivity contribution >= 4 is 0 Å². The molecular weight excluding hydrogens is 232 g/mol. The zero-order chi connectivity index (χ0) is 13.3. The molecule has 2 atom stereocenters. The highest BCUT2D eigenvalue weighted by Crippen LogP contribution is 2.29. The van der Waals surface area contributed by atoms with Gasteiger partial charge in [-0.3, -0.25) is 0 Å². The van der Waals surface area contributed by atoms with E-state index in [0.29, 0.717) is 17.5 Å². The predicted octanol–water partition coefficient (Wildman–Crippen LogP) is 2.76. The number of aromatic nitrogens is 2. The van der Waals surface area contributed by atoms with Crippen LogP contribution in [0.15, 0.2) is 21.3 Å². The first-order valence-corrected chi connectivity index (χ1v) is 6.06. The standard InChI is InChI=1S/C13H18N2O3/c1-7(2)10(9(4)16)13-14-12(15-18-13)11-8(3)5-6-17-11/h5-7,9-10,16H,1-4H3. The number of hydrogen-bond acceptors (Lipinski definition) is 5. The van der Waals surface area contributed by atoms with Gasteiger partial charge < -0.3 is 14.0 Å². The second-order valence-electron chi connectivity index (χ2n) is 4.90. The predicted molar refractivity (Wildman–Crippen MR) is 66.0 cm³/mol. The van der Waals surface area contributed by atoms with Gasteiger partial charge in [-0.2, -0.15) is 4.98 Å². The van der Waals surface area contributed by atoms with Crippen molar-refractivity contribution in [3.05, 3.63) is 23.8 Å². The molecule has 2 rings (SSSR count). The molecule has 0 aromatic carbocycles. The second kappa shape index (κ2) is 4.94. The summed E-state index contributed by atoms with van der Waals surface area (Å²) < 4.78 is 10.6. The van der Waals surface area contributed by atoms with Crippen molar-refractivity contribution in [2.75, 3.05) is 0 Å². The number of nitrogens with zero attached hydrogens (tertiary/aromatic N) is 2. The fourth-order valence-corrected chi connectivity index (χ4v) is 2.11. The Kier molecular flexibility index (Phi) is 3.52. The van der Waals surface area contributed by atoms with Gasteiger partial charge in [-0.05, 0) is 31.4 Å². The fourth-order valence-electron chi connectivity index (χ4n) is 2.11. The molecule has 5 heteroatoms. The molecule has 1 N–H and O–H groups in total. The minimum atomic E-state index is -0.531. The largest absolute Gasteiger partial charge is 0.461 e. The Morgan fingerprint density at radius 2 is 2.00 bits per heavy atom. The van der Waals surface area contributed by atoms with Gasteiger partial charge in [-0.1, -0.05) is 19.0 Å². The first kappa shape index (κ1) is 12.8. The van der Waals surface area contributed by atoms with Crippen LogP contribution in [0.5, 0.6) is 0 Å². The van der Waals surface area contributed by atoms with Crippen LogP contribution in [0.1, 0.15) is 38.1 Å². The molecule has 0 aliphatic rings. The lowest BCUT2D eigenvalue weighted by molar-refractivity contribution is 0.120. The van der Waals surface area contributed by atoms with Gasteiger partial charge in [-0.15, -0.1) is 0 Å². The number of aliphatic hydroxyl groups excluding tert-OH is 1. The van der Waals surface area contributed by atoms with E-state index in [4.69, 9.17) is 8.94 Å². The molecule has 2 heterocycles. The molecule has 0 amide bonds. The molecule has 0 bridgehead atoms. The molecule has 5 nitrogen and oxygen atoms in total. The van der Waals surface area contributed by atoms with Gasteiger partial charge in [0.25, 0.3) is 0 Å². The lowest BCUT2D eigenvalue weighted by Gasteiger charge is -2.19. The van der Waals surface area contributed by atoms with Gasteiger partial charge in [-0.25, -0.2) is 0 Å². The maximum absolute atomic E-state index is 9.78. The maximum atomic E-state index is 9.78. The van der Waals surface area contributed by atoms with Crippen molar-refractivity contribution in [3.8, 4) is 11.6 Å². The fraction of sp³-hybridized carbons (Fsp3) is 0.538. The number of aliphatic hydroxyl groups is 1.